The van der Waals surface area contributed by atoms with Crippen LogP contribution in [-0.4, -0.2) is 73.7 Å². The predicted molar refractivity (Wildman–Crippen MR) is 127 cm³/mol. The third-order valence-electron chi connectivity index (χ3n) is 6.37. The summed E-state index contributed by atoms with van der Waals surface area (Å²) in [5.74, 6) is 1.91. The molecule has 0 radical (unpaired) electrons. The lowest BCUT2D eigenvalue weighted by atomic mass is 9.94. The van der Waals surface area contributed by atoms with E-state index in [9.17, 15) is 0 Å². The minimum atomic E-state index is 0.109. The van der Waals surface area contributed by atoms with Gasteiger partial charge in [0.2, 0.25) is 0 Å². The second-order valence-electron chi connectivity index (χ2n) is 8.47. The van der Waals surface area contributed by atoms with Gasteiger partial charge in [-0.3, -0.25) is 4.90 Å². The molecule has 0 spiro atoms. The van der Waals surface area contributed by atoms with Gasteiger partial charge < -0.3 is 19.3 Å². The maximum atomic E-state index is 6.45. The van der Waals surface area contributed by atoms with Crippen molar-refractivity contribution in [1.29, 1.82) is 0 Å². The fraction of sp³-hybridized carbons (Fsp3) is 0.360. The molecule has 4 aliphatic rings. The van der Waals surface area contributed by atoms with Crippen molar-refractivity contribution < 1.29 is 9.47 Å². The first kappa shape index (κ1) is 20.5. The molecule has 5 nitrogen and oxygen atoms in total. The third-order valence-corrected chi connectivity index (χ3v) is 6.67. The van der Waals surface area contributed by atoms with Gasteiger partial charge in [-0.15, -0.1) is 12.6 Å². The van der Waals surface area contributed by atoms with E-state index in [0.717, 1.165) is 60.4 Å². The van der Waals surface area contributed by atoms with Crippen LogP contribution in [0.4, 0.5) is 0 Å². The van der Waals surface area contributed by atoms with Crippen molar-refractivity contribution in [2.45, 2.75) is 17.0 Å². The molecule has 0 N–H and O–H groups in total. The summed E-state index contributed by atoms with van der Waals surface area (Å²) in [5.41, 5.74) is 3.46. The van der Waals surface area contributed by atoms with E-state index in [1.54, 1.807) is 0 Å². The molecule has 5 rings (SSSR count). The molecule has 0 saturated carbocycles. The lowest BCUT2D eigenvalue weighted by Crippen LogP contribution is -2.45. The van der Waals surface area contributed by atoms with Gasteiger partial charge in [0.05, 0.1) is 19.3 Å². The highest BCUT2D eigenvalue weighted by atomic mass is 32.1. The van der Waals surface area contributed by atoms with E-state index in [-0.39, 0.29) is 6.04 Å². The van der Waals surface area contributed by atoms with E-state index in [1.165, 1.54) is 5.57 Å². The zero-order valence-electron chi connectivity index (χ0n) is 18.1. The van der Waals surface area contributed by atoms with Crippen LogP contribution in [0, 0.1) is 0 Å². The van der Waals surface area contributed by atoms with Crippen LogP contribution in [0.25, 0.3) is 5.76 Å². The number of benzene rings is 1. The highest BCUT2D eigenvalue weighted by Crippen LogP contribution is 2.39. The van der Waals surface area contributed by atoms with Crippen LogP contribution in [0.5, 0.6) is 0 Å². The van der Waals surface area contributed by atoms with Crippen LogP contribution >= 0.6 is 12.6 Å². The Morgan fingerprint density at radius 1 is 0.968 bits per heavy atom. The van der Waals surface area contributed by atoms with Crippen molar-refractivity contribution in [2.75, 3.05) is 46.9 Å². The number of hydrogen-bond acceptors (Lipinski definition) is 6. The first-order chi connectivity index (χ1) is 15.1. The summed E-state index contributed by atoms with van der Waals surface area (Å²) >= 11 is 4.40. The molecule has 4 heterocycles. The normalized spacial score (nSPS) is 26.0. The zero-order valence-corrected chi connectivity index (χ0v) is 19.0. The Bertz CT molecular complexity index is 987. The van der Waals surface area contributed by atoms with Gasteiger partial charge in [-0.1, -0.05) is 18.2 Å². The Balaban J connectivity index is 1.42. The molecule has 31 heavy (non-hydrogen) atoms. The van der Waals surface area contributed by atoms with Crippen LogP contribution in [0.1, 0.15) is 5.56 Å². The monoisotopic (exact) mass is 435 g/mol. The van der Waals surface area contributed by atoms with Crippen LogP contribution < -0.4 is 0 Å². The summed E-state index contributed by atoms with van der Waals surface area (Å²) in [7, 11) is 4.24. The topological polar surface area (TPSA) is 28.2 Å². The molecular formula is C25H29N3O2S. The Hall–Kier alpha value is -2.41. The van der Waals surface area contributed by atoms with Gasteiger partial charge in [0, 0.05) is 56.0 Å². The summed E-state index contributed by atoms with van der Waals surface area (Å²) in [5, 5.41) is 0. The van der Waals surface area contributed by atoms with E-state index in [1.807, 2.05) is 12.1 Å². The van der Waals surface area contributed by atoms with E-state index in [4.69, 9.17) is 9.47 Å². The largest absolute Gasteiger partial charge is 0.458 e. The fourth-order valence-electron chi connectivity index (χ4n) is 4.43. The molecule has 0 amide bonds. The number of ether oxygens (including phenoxy) is 2. The summed E-state index contributed by atoms with van der Waals surface area (Å²) < 4.78 is 12.0. The maximum absolute atomic E-state index is 6.45. The number of allylic oxidation sites excluding steroid dienone is 4. The van der Waals surface area contributed by atoms with Crippen molar-refractivity contribution in [3.8, 4) is 0 Å². The number of fused-ring (bicyclic) bond motifs is 1. The van der Waals surface area contributed by atoms with Crippen molar-refractivity contribution >= 4 is 18.4 Å². The highest BCUT2D eigenvalue weighted by molar-refractivity contribution is 7.80. The van der Waals surface area contributed by atoms with Gasteiger partial charge in [0.1, 0.15) is 17.6 Å². The smallest absolute Gasteiger partial charge is 0.138 e. The van der Waals surface area contributed by atoms with Gasteiger partial charge in [0.15, 0.2) is 0 Å². The molecule has 1 aromatic rings. The number of likely N-dealkylation sites (N-methyl/N-ethyl adjacent to an activating group) is 2. The lowest BCUT2D eigenvalue weighted by molar-refractivity contribution is 0.0315. The molecule has 6 heteroatoms. The average molecular weight is 436 g/mol. The number of morpholine rings is 1. The van der Waals surface area contributed by atoms with Gasteiger partial charge in [-0.05, 0) is 42.1 Å². The molecule has 2 atom stereocenters. The van der Waals surface area contributed by atoms with Crippen molar-refractivity contribution in [2.24, 2.45) is 0 Å². The molecule has 0 aliphatic carbocycles. The minimum absolute atomic E-state index is 0.109. The van der Waals surface area contributed by atoms with E-state index in [2.05, 4.69) is 90.3 Å². The first-order valence-electron chi connectivity index (χ1n) is 10.8. The van der Waals surface area contributed by atoms with E-state index < -0.39 is 0 Å². The molecule has 0 bridgehead atoms. The molecule has 0 aromatic heterocycles. The predicted octanol–water partition coefficient (Wildman–Crippen LogP) is 3.51. The average Bonchev–Trinajstić information content (AvgIpc) is 3.23. The Kier molecular flexibility index (Phi) is 5.69. The van der Waals surface area contributed by atoms with Gasteiger partial charge in [-0.2, -0.15) is 0 Å². The van der Waals surface area contributed by atoms with Crippen molar-refractivity contribution in [1.82, 2.24) is 14.7 Å². The molecular weight excluding hydrogens is 406 g/mol. The summed E-state index contributed by atoms with van der Waals surface area (Å²) in [6.45, 7) is 4.65. The standard InChI is InChI=1S/C25H29N3O2S/c1-26-9-7-19(15-20(26)17-28-11-13-29-14-12-28)22-8-10-27(2)23-16-24(30-25(22)23)18-3-5-21(31)6-4-18/h3-10,15-16,20,23,31H,11-14,17H2,1-2H3. The zero-order chi connectivity index (χ0) is 21.4. The molecule has 4 aliphatic heterocycles. The molecule has 1 saturated heterocycles. The van der Waals surface area contributed by atoms with E-state index in [0.29, 0.717) is 6.04 Å². The summed E-state index contributed by atoms with van der Waals surface area (Å²) in [6.07, 6.45) is 13.3. The summed E-state index contributed by atoms with van der Waals surface area (Å²) in [4.78, 5) is 7.92. The lowest BCUT2D eigenvalue weighted by Gasteiger charge is -2.35. The maximum Gasteiger partial charge on any atom is 0.138 e. The van der Waals surface area contributed by atoms with Gasteiger partial charge in [0.25, 0.3) is 0 Å². The Labute approximate surface area is 190 Å². The Morgan fingerprint density at radius 3 is 2.48 bits per heavy atom. The number of hydrogen-bond donors (Lipinski definition) is 1. The first-order valence-corrected chi connectivity index (χ1v) is 11.3. The van der Waals surface area contributed by atoms with Gasteiger partial charge in [-0.25, -0.2) is 0 Å². The van der Waals surface area contributed by atoms with Crippen molar-refractivity contribution in [3.63, 3.8) is 0 Å². The van der Waals surface area contributed by atoms with Crippen LogP contribution in [0.15, 0.2) is 82.8 Å². The fourth-order valence-corrected chi connectivity index (χ4v) is 4.58. The number of nitrogens with zero attached hydrogens (tertiary/aromatic N) is 3. The van der Waals surface area contributed by atoms with Crippen LogP contribution in [0.3, 0.4) is 0 Å². The van der Waals surface area contributed by atoms with E-state index >= 15 is 0 Å². The second kappa shape index (κ2) is 8.61. The minimum Gasteiger partial charge on any atom is -0.458 e. The Morgan fingerprint density at radius 2 is 1.71 bits per heavy atom. The summed E-state index contributed by atoms with van der Waals surface area (Å²) in [6, 6.07) is 8.56. The third kappa shape index (κ3) is 4.20. The SMILES string of the molecule is CN1C=CC(C2=C3OC(c4ccc(S)cc4)=CC3N(C)C=C2)=CC1CN1CCOCC1. The number of rotatable bonds is 4. The van der Waals surface area contributed by atoms with Crippen LogP contribution in [0.2, 0.25) is 0 Å². The van der Waals surface area contributed by atoms with Crippen LogP contribution in [-0.2, 0) is 9.47 Å². The number of thiol groups is 1. The molecule has 162 valence electrons. The quantitative estimate of drug-likeness (QED) is 0.731. The molecule has 2 unspecified atom stereocenters. The van der Waals surface area contributed by atoms with Gasteiger partial charge >= 0.3 is 0 Å². The molecule has 1 fully saturated rings. The highest BCUT2D eigenvalue weighted by Gasteiger charge is 2.33. The van der Waals surface area contributed by atoms with Crippen molar-refractivity contribution in [3.05, 3.63) is 83.4 Å². The second-order valence-corrected chi connectivity index (χ2v) is 8.98. The molecule has 1 aromatic carbocycles.